The summed E-state index contributed by atoms with van der Waals surface area (Å²) >= 11 is 3.06. The van der Waals surface area contributed by atoms with E-state index in [1.807, 2.05) is 0 Å². The van der Waals surface area contributed by atoms with Gasteiger partial charge < -0.3 is 9.84 Å². The van der Waals surface area contributed by atoms with Gasteiger partial charge in [-0.2, -0.15) is 0 Å². The van der Waals surface area contributed by atoms with E-state index in [4.69, 9.17) is 4.52 Å². The number of aryl methyl sites for hydroxylation is 1. The fourth-order valence-corrected chi connectivity index (χ4v) is 1.79. The third-order valence-corrected chi connectivity index (χ3v) is 2.93. The number of nitro benzene ring substituents is 1. The molecule has 0 radical (unpaired) electrons. The van der Waals surface area contributed by atoms with Gasteiger partial charge in [-0.05, 0) is 35.0 Å². The van der Waals surface area contributed by atoms with E-state index < -0.39 is 10.8 Å². The number of aromatic nitrogens is 1. The monoisotopic (exact) mass is 325 g/mol. The number of nitrogens with zero attached hydrogens (tertiary/aromatic N) is 2. The van der Waals surface area contributed by atoms with Crippen molar-refractivity contribution in [2.75, 3.05) is 5.32 Å². The number of carbonyl (C=O) groups excluding carboxylic acids is 1. The Morgan fingerprint density at radius 1 is 1.47 bits per heavy atom. The molecule has 0 unspecified atom stereocenters. The number of benzene rings is 1. The number of amides is 1. The highest BCUT2D eigenvalue weighted by Gasteiger charge is 2.15. The fraction of sp³-hybridized carbons (Fsp3) is 0.0909. The van der Waals surface area contributed by atoms with Gasteiger partial charge in [0.15, 0.2) is 5.69 Å². The van der Waals surface area contributed by atoms with Crippen molar-refractivity contribution in [2.45, 2.75) is 6.92 Å². The van der Waals surface area contributed by atoms with Crippen molar-refractivity contribution in [2.24, 2.45) is 0 Å². The van der Waals surface area contributed by atoms with Crippen molar-refractivity contribution >= 4 is 33.2 Å². The Morgan fingerprint density at radius 2 is 2.21 bits per heavy atom. The first-order valence-corrected chi connectivity index (χ1v) is 5.95. The van der Waals surface area contributed by atoms with Crippen molar-refractivity contribution in [1.29, 1.82) is 0 Å². The Labute approximate surface area is 115 Å². The number of hydrogen-bond acceptors (Lipinski definition) is 5. The predicted octanol–water partition coefficient (Wildman–Crippen LogP) is 2.91. The highest BCUT2D eigenvalue weighted by molar-refractivity contribution is 9.10. The zero-order valence-corrected chi connectivity index (χ0v) is 11.3. The Bertz CT molecular complexity index is 653. The van der Waals surface area contributed by atoms with Gasteiger partial charge in [-0.25, -0.2) is 0 Å². The standard InChI is InChI=1S/C11H8BrN3O4/c1-6-4-9(14-19-6)11(16)13-7-2-3-8(12)10(5-7)15(17)18/h2-5H,1H3,(H,13,16). The number of nitrogens with one attached hydrogen (secondary N) is 1. The van der Waals surface area contributed by atoms with Crippen molar-refractivity contribution in [3.8, 4) is 0 Å². The van der Waals surface area contributed by atoms with E-state index in [1.165, 1.54) is 18.2 Å². The predicted molar refractivity (Wildman–Crippen MR) is 70.0 cm³/mol. The summed E-state index contributed by atoms with van der Waals surface area (Å²) in [6, 6.07) is 5.77. The van der Waals surface area contributed by atoms with E-state index in [2.05, 4.69) is 26.4 Å². The van der Waals surface area contributed by atoms with Crippen LogP contribution < -0.4 is 5.32 Å². The molecular formula is C11H8BrN3O4. The van der Waals surface area contributed by atoms with Crippen LogP contribution in [0.1, 0.15) is 16.2 Å². The molecule has 0 saturated heterocycles. The second kappa shape index (κ2) is 5.19. The maximum Gasteiger partial charge on any atom is 0.285 e. The molecule has 0 aliphatic carbocycles. The summed E-state index contributed by atoms with van der Waals surface area (Å²) in [7, 11) is 0. The minimum Gasteiger partial charge on any atom is -0.361 e. The van der Waals surface area contributed by atoms with Crippen LogP contribution in [0.2, 0.25) is 0 Å². The minimum atomic E-state index is -0.542. The first kappa shape index (κ1) is 13.2. The van der Waals surface area contributed by atoms with E-state index in [1.54, 1.807) is 13.0 Å². The fourth-order valence-electron chi connectivity index (χ4n) is 1.40. The molecule has 19 heavy (non-hydrogen) atoms. The van der Waals surface area contributed by atoms with Crippen LogP contribution in [0.5, 0.6) is 0 Å². The quantitative estimate of drug-likeness (QED) is 0.691. The number of nitro groups is 1. The second-order valence-electron chi connectivity index (χ2n) is 3.70. The SMILES string of the molecule is Cc1cc(C(=O)Nc2ccc(Br)c([N+](=O)[O-])c2)no1. The summed E-state index contributed by atoms with van der Waals surface area (Å²) in [6.07, 6.45) is 0. The average Bonchev–Trinajstić information content (AvgIpc) is 2.78. The van der Waals surface area contributed by atoms with Gasteiger partial charge in [-0.3, -0.25) is 14.9 Å². The highest BCUT2D eigenvalue weighted by Crippen LogP contribution is 2.27. The molecule has 2 aromatic rings. The molecule has 7 nitrogen and oxygen atoms in total. The van der Waals surface area contributed by atoms with Gasteiger partial charge in [0.2, 0.25) is 0 Å². The van der Waals surface area contributed by atoms with Crippen LogP contribution in [-0.2, 0) is 0 Å². The number of carbonyl (C=O) groups is 1. The van der Waals surface area contributed by atoms with E-state index >= 15 is 0 Å². The number of rotatable bonds is 3. The molecule has 98 valence electrons. The molecule has 0 saturated carbocycles. The lowest BCUT2D eigenvalue weighted by atomic mass is 10.2. The molecule has 1 amide bonds. The van der Waals surface area contributed by atoms with Crippen LogP contribution in [-0.4, -0.2) is 16.0 Å². The topological polar surface area (TPSA) is 98.3 Å². The molecule has 2 rings (SSSR count). The molecule has 0 atom stereocenters. The number of anilines is 1. The molecule has 0 aliphatic heterocycles. The summed E-state index contributed by atoms with van der Waals surface area (Å²) in [4.78, 5) is 22.0. The van der Waals surface area contributed by atoms with Crippen LogP contribution in [0.15, 0.2) is 33.3 Å². The summed E-state index contributed by atoms with van der Waals surface area (Å²) in [5.74, 6) is 0.0143. The molecule has 1 aromatic carbocycles. The van der Waals surface area contributed by atoms with Gasteiger partial charge in [0, 0.05) is 17.8 Å². The number of hydrogen-bond donors (Lipinski definition) is 1. The highest BCUT2D eigenvalue weighted by atomic mass is 79.9. The zero-order chi connectivity index (χ0) is 14.0. The summed E-state index contributed by atoms with van der Waals surface area (Å²) < 4.78 is 5.12. The maximum absolute atomic E-state index is 11.8. The van der Waals surface area contributed by atoms with Gasteiger partial charge in [0.25, 0.3) is 11.6 Å². The molecule has 0 fully saturated rings. The lowest BCUT2D eigenvalue weighted by Crippen LogP contribution is -2.12. The molecule has 0 spiro atoms. The summed E-state index contributed by atoms with van der Waals surface area (Å²) in [6.45, 7) is 1.66. The van der Waals surface area contributed by atoms with Crippen molar-refractivity contribution in [1.82, 2.24) is 5.16 Å². The zero-order valence-electron chi connectivity index (χ0n) is 9.71. The van der Waals surface area contributed by atoms with Crippen LogP contribution in [0.25, 0.3) is 0 Å². The van der Waals surface area contributed by atoms with Crippen LogP contribution >= 0.6 is 15.9 Å². The molecule has 0 bridgehead atoms. The normalized spacial score (nSPS) is 10.2. The van der Waals surface area contributed by atoms with E-state index in [0.29, 0.717) is 15.9 Å². The summed E-state index contributed by atoms with van der Waals surface area (Å²) in [5, 5.41) is 16.8. The van der Waals surface area contributed by atoms with Gasteiger partial charge >= 0.3 is 0 Å². The van der Waals surface area contributed by atoms with E-state index in [9.17, 15) is 14.9 Å². The molecule has 1 N–H and O–H groups in total. The molecular weight excluding hydrogens is 318 g/mol. The van der Waals surface area contributed by atoms with Crippen molar-refractivity contribution in [3.63, 3.8) is 0 Å². The Kier molecular flexibility index (Phi) is 3.61. The third-order valence-electron chi connectivity index (χ3n) is 2.26. The van der Waals surface area contributed by atoms with E-state index in [-0.39, 0.29) is 11.4 Å². The first-order valence-electron chi connectivity index (χ1n) is 5.16. The Hall–Kier alpha value is -2.22. The van der Waals surface area contributed by atoms with E-state index in [0.717, 1.165) is 0 Å². The van der Waals surface area contributed by atoms with Gasteiger partial charge in [0.1, 0.15) is 5.76 Å². The van der Waals surface area contributed by atoms with Gasteiger partial charge in [0.05, 0.1) is 9.40 Å². The largest absolute Gasteiger partial charge is 0.361 e. The van der Waals surface area contributed by atoms with Crippen molar-refractivity contribution < 1.29 is 14.2 Å². The average molecular weight is 326 g/mol. The lowest BCUT2D eigenvalue weighted by molar-refractivity contribution is -0.385. The lowest BCUT2D eigenvalue weighted by Gasteiger charge is -2.03. The Morgan fingerprint density at radius 3 is 2.79 bits per heavy atom. The van der Waals surface area contributed by atoms with Crippen LogP contribution in [0, 0.1) is 17.0 Å². The molecule has 8 heteroatoms. The van der Waals surface area contributed by atoms with Crippen LogP contribution in [0.3, 0.4) is 0 Å². The van der Waals surface area contributed by atoms with Crippen LogP contribution in [0.4, 0.5) is 11.4 Å². The smallest absolute Gasteiger partial charge is 0.285 e. The molecule has 0 aliphatic rings. The Balaban J connectivity index is 2.22. The third kappa shape index (κ3) is 2.97. The van der Waals surface area contributed by atoms with Gasteiger partial charge in [-0.15, -0.1) is 0 Å². The molecule has 1 aromatic heterocycles. The molecule has 1 heterocycles. The number of halogens is 1. The van der Waals surface area contributed by atoms with Crippen molar-refractivity contribution in [3.05, 3.63) is 50.3 Å². The summed E-state index contributed by atoms with van der Waals surface area (Å²) in [5.41, 5.74) is 0.290. The first-order chi connectivity index (χ1) is 8.97. The van der Waals surface area contributed by atoms with Gasteiger partial charge in [-0.1, -0.05) is 5.16 Å². The second-order valence-corrected chi connectivity index (χ2v) is 4.55. The minimum absolute atomic E-state index is 0.114. The maximum atomic E-state index is 11.8.